The minimum absolute atomic E-state index is 0.00535. The van der Waals surface area contributed by atoms with Gasteiger partial charge in [-0.15, -0.1) is 0 Å². The summed E-state index contributed by atoms with van der Waals surface area (Å²) in [5.74, 6) is -5.33. The van der Waals surface area contributed by atoms with Gasteiger partial charge in [0.2, 0.25) is 0 Å². The molecule has 9 heteroatoms. The second-order valence-corrected chi connectivity index (χ2v) is 9.00. The first-order chi connectivity index (χ1) is 18.0. The van der Waals surface area contributed by atoms with E-state index in [0.717, 1.165) is 5.56 Å². The highest BCUT2D eigenvalue weighted by Gasteiger charge is 2.37. The number of hydrogen-bond donors (Lipinski definition) is 0. The Labute approximate surface area is 213 Å². The van der Waals surface area contributed by atoms with Gasteiger partial charge in [0, 0.05) is 18.1 Å². The van der Waals surface area contributed by atoms with Crippen LogP contribution in [0.4, 0.5) is 35.1 Å². The van der Waals surface area contributed by atoms with Gasteiger partial charge in [0.25, 0.3) is 0 Å². The largest absolute Gasteiger partial charge is 0.422 e. The van der Waals surface area contributed by atoms with Crippen LogP contribution in [-0.4, -0.2) is 7.11 Å². The van der Waals surface area contributed by atoms with Crippen molar-refractivity contribution < 1.29 is 39.9 Å². The van der Waals surface area contributed by atoms with E-state index in [-0.39, 0.29) is 47.9 Å². The maximum Gasteiger partial charge on any atom is 0.422 e. The highest BCUT2D eigenvalue weighted by molar-refractivity contribution is 5.84. The van der Waals surface area contributed by atoms with Gasteiger partial charge in [0.15, 0.2) is 0 Å². The van der Waals surface area contributed by atoms with Crippen molar-refractivity contribution in [2.24, 2.45) is 0 Å². The summed E-state index contributed by atoms with van der Waals surface area (Å²) in [6, 6.07) is 11.7. The van der Waals surface area contributed by atoms with Crippen molar-refractivity contribution in [3.8, 4) is 0 Å². The Hall–Kier alpha value is -3.46. The lowest BCUT2D eigenvalue weighted by Gasteiger charge is -2.12. The molecule has 0 atom stereocenters. The van der Waals surface area contributed by atoms with Crippen LogP contribution in [0.5, 0.6) is 0 Å². The summed E-state index contributed by atoms with van der Waals surface area (Å²) in [7, 11) is 1.43. The Bertz CT molecular complexity index is 1430. The second-order valence-electron chi connectivity index (χ2n) is 9.00. The fourth-order valence-corrected chi connectivity index (χ4v) is 4.47. The van der Waals surface area contributed by atoms with Gasteiger partial charge in [-0.2, -0.15) is 13.2 Å². The van der Waals surface area contributed by atoms with Crippen molar-refractivity contribution >= 4 is 10.8 Å². The fourth-order valence-electron chi connectivity index (χ4n) is 4.47. The van der Waals surface area contributed by atoms with Gasteiger partial charge in [-0.05, 0) is 77.6 Å². The summed E-state index contributed by atoms with van der Waals surface area (Å²) in [6.45, 7) is 0.0878. The molecule has 4 aromatic rings. The number of rotatable bonds is 8. The van der Waals surface area contributed by atoms with Gasteiger partial charge in [0.05, 0.1) is 6.61 Å². The Balaban J connectivity index is 1.48. The van der Waals surface area contributed by atoms with Crippen LogP contribution in [0.25, 0.3) is 10.8 Å². The Kier molecular flexibility index (Phi) is 8.06. The first kappa shape index (κ1) is 27.6. The zero-order chi connectivity index (χ0) is 27.6. The van der Waals surface area contributed by atoms with Gasteiger partial charge in [-0.3, -0.25) is 0 Å². The SMILES string of the molecule is COCc1cc(F)c(CCc2ccc3c(F)c(CCc4cc(F)c(C(F)(F)F)c(F)c4)ccc3c2)c(F)c1. The zero-order valence-corrected chi connectivity index (χ0v) is 20.2. The molecule has 0 heterocycles. The van der Waals surface area contributed by atoms with Gasteiger partial charge >= 0.3 is 6.18 Å². The Morgan fingerprint density at radius 3 is 1.84 bits per heavy atom. The van der Waals surface area contributed by atoms with E-state index in [1.165, 1.54) is 31.4 Å². The summed E-state index contributed by atoms with van der Waals surface area (Å²) in [4.78, 5) is 0. The number of benzene rings is 4. The van der Waals surface area contributed by atoms with E-state index in [1.54, 1.807) is 18.2 Å². The standard InChI is InChI=1S/C29H22F8O/c1-38-15-18-13-23(30)22(24(31)14-18)9-4-16-3-8-21-20(10-16)7-6-19(28(21)34)5-2-17-11-25(32)27(26(33)12-17)29(35,36)37/h3,6-8,10-14H,2,4-5,9,15H2,1H3. The van der Waals surface area contributed by atoms with Crippen LogP contribution < -0.4 is 0 Å². The number of fused-ring (bicyclic) bond motifs is 1. The molecule has 1 nitrogen and oxygen atoms in total. The van der Waals surface area contributed by atoms with Crippen molar-refractivity contribution in [2.45, 2.75) is 38.5 Å². The molecule has 0 radical (unpaired) electrons. The van der Waals surface area contributed by atoms with E-state index in [2.05, 4.69) is 0 Å². The first-order valence-corrected chi connectivity index (χ1v) is 11.7. The normalized spacial score (nSPS) is 11.9. The Morgan fingerprint density at radius 2 is 1.24 bits per heavy atom. The highest BCUT2D eigenvalue weighted by atomic mass is 19.4. The highest BCUT2D eigenvalue weighted by Crippen LogP contribution is 2.34. The third-order valence-electron chi connectivity index (χ3n) is 6.34. The van der Waals surface area contributed by atoms with Crippen molar-refractivity contribution in [3.05, 3.63) is 117 Å². The molecule has 4 rings (SSSR count). The Morgan fingerprint density at radius 1 is 0.632 bits per heavy atom. The molecule has 0 amide bonds. The number of hydrogen-bond acceptors (Lipinski definition) is 1. The van der Waals surface area contributed by atoms with Crippen LogP contribution in [-0.2, 0) is 43.2 Å². The van der Waals surface area contributed by atoms with Crippen LogP contribution >= 0.6 is 0 Å². The summed E-state index contributed by atoms with van der Waals surface area (Å²) in [6.07, 6.45) is -4.83. The van der Waals surface area contributed by atoms with E-state index in [9.17, 15) is 30.7 Å². The van der Waals surface area contributed by atoms with Crippen molar-refractivity contribution in [1.29, 1.82) is 0 Å². The molecule has 0 fully saturated rings. The molecule has 0 aliphatic heterocycles. The molecule has 0 aromatic heterocycles. The quantitative estimate of drug-likeness (QED) is 0.205. The average molecular weight is 538 g/mol. The zero-order valence-electron chi connectivity index (χ0n) is 20.2. The predicted octanol–water partition coefficient (Wildman–Crippen LogP) is 8.27. The topological polar surface area (TPSA) is 9.23 Å². The molecule has 0 aliphatic rings. The van der Waals surface area contributed by atoms with Gasteiger partial charge < -0.3 is 4.74 Å². The molecule has 200 valence electrons. The number of halogens is 8. The molecule has 4 aromatic carbocycles. The molecule has 0 spiro atoms. The number of alkyl halides is 3. The average Bonchev–Trinajstić information content (AvgIpc) is 2.82. The number of ether oxygens (including phenoxy) is 1. The molecular formula is C29H22F8O. The van der Waals surface area contributed by atoms with Gasteiger partial charge in [-0.25, -0.2) is 22.0 Å². The number of methoxy groups -OCH3 is 1. The monoisotopic (exact) mass is 538 g/mol. The van der Waals surface area contributed by atoms with Crippen molar-refractivity contribution in [3.63, 3.8) is 0 Å². The molecule has 0 bridgehead atoms. The maximum atomic E-state index is 15.1. The number of aryl methyl sites for hydroxylation is 3. The predicted molar refractivity (Wildman–Crippen MR) is 127 cm³/mol. The maximum absolute atomic E-state index is 15.1. The van der Waals surface area contributed by atoms with Crippen LogP contribution in [0.3, 0.4) is 0 Å². The van der Waals surface area contributed by atoms with Crippen molar-refractivity contribution in [2.75, 3.05) is 7.11 Å². The van der Waals surface area contributed by atoms with E-state index < -0.39 is 40.8 Å². The van der Waals surface area contributed by atoms with Gasteiger partial charge in [-0.1, -0.05) is 30.3 Å². The van der Waals surface area contributed by atoms with Crippen LogP contribution in [0.2, 0.25) is 0 Å². The first-order valence-electron chi connectivity index (χ1n) is 11.7. The fraction of sp³-hybridized carbons (Fsp3) is 0.241. The van der Waals surface area contributed by atoms with E-state index in [4.69, 9.17) is 4.74 Å². The summed E-state index contributed by atoms with van der Waals surface area (Å²) < 4.78 is 115. The minimum Gasteiger partial charge on any atom is -0.380 e. The molecule has 38 heavy (non-hydrogen) atoms. The molecule has 0 N–H and O–H groups in total. The minimum atomic E-state index is -5.16. The van der Waals surface area contributed by atoms with Gasteiger partial charge in [0.1, 0.15) is 34.6 Å². The molecular weight excluding hydrogens is 516 g/mol. The molecule has 0 aliphatic carbocycles. The van der Waals surface area contributed by atoms with E-state index in [0.29, 0.717) is 29.5 Å². The third kappa shape index (κ3) is 5.99. The lowest BCUT2D eigenvalue weighted by molar-refractivity contribution is -0.142. The third-order valence-corrected chi connectivity index (χ3v) is 6.34. The van der Waals surface area contributed by atoms with Crippen LogP contribution in [0.15, 0.2) is 54.6 Å². The van der Waals surface area contributed by atoms with Crippen LogP contribution in [0, 0.1) is 29.1 Å². The summed E-state index contributed by atoms with van der Waals surface area (Å²) in [5, 5.41) is 0.823. The lowest BCUT2D eigenvalue weighted by atomic mass is 9.96. The smallest absolute Gasteiger partial charge is 0.380 e. The molecule has 0 saturated heterocycles. The van der Waals surface area contributed by atoms with Crippen LogP contribution in [0.1, 0.15) is 33.4 Å². The van der Waals surface area contributed by atoms with E-state index in [1.807, 2.05) is 0 Å². The summed E-state index contributed by atoms with van der Waals surface area (Å²) in [5.41, 5.74) is -0.689. The summed E-state index contributed by atoms with van der Waals surface area (Å²) >= 11 is 0. The second kappa shape index (κ2) is 11.1. The molecule has 0 unspecified atom stereocenters. The lowest BCUT2D eigenvalue weighted by Crippen LogP contribution is -2.12. The van der Waals surface area contributed by atoms with E-state index >= 15 is 4.39 Å². The molecule has 0 saturated carbocycles. The van der Waals surface area contributed by atoms with Crippen molar-refractivity contribution in [1.82, 2.24) is 0 Å².